The average Bonchev–Trinajstić information content (AvgIpc) is 3.38. The van der Waals surface area contributed by atoms with E-state index in [0.717, 1.165) is 29.1 Å². The van der Waals surface area contributed by atoms with E-state index in [1.807, 2.05) is 30.9 Å². The first kappa shape index (κ1) is 18.5. The highest BCUT2D eigenvalue weighted by molar-refractivity contribution is 7.14. The van der Waals surface area contributed by atoms with Gasteiger partial charge in [-0.05, 0) is 49.2 Å². The van der Waals surface area contributed by atoms with Gasteiger partial charge in [0.15, 0.2) is 0 Å². The van der Waals surface area contributed by atoms with E-state index in [2.05, 4.69) is 15.5 Å². The van der Waals surface area contributed by atoms with Crippen LogP contribution in [0.4, 0.5) is 0 Å². The standard InChI is InChI=1S/C17H24N6O2S/c1-4-21(3)17(25)15-8-7-14(26-15)13-6-5-10-22(13)16(24)9-11-23-12(2)18-19-20-23/h7-8,13H,4-6,9-11H2,1-3H3/t13-/m1/s1. The van der Waals surface area contributed by atoms with Gasteiger partial charge in [-0.1, -0.05) is 0 Å². The molecule has 3 rings (SSSR count). The molecule has 26 heavy (non-hydrogen) atoms. The van der Waals surface area contributed by atoms with Crippen LogP contribution >= 0.6 is 11.3 Å². The van der Waals surface area contributed by atoms with Gasteiger partial charge in [-0.3, -0.25) is 9.59 Å². The molecule has 8 nitrogen and oxygen atoms in total. The summed E-state index contributed by atoms with van der Waals surface area (Å²) in [6.07, 6.45) is 2.29. The Hall–Kier alpha value is -2.29. The SMILES string of the molecule is CCN(C)C(=O)c1ccc([C@H]2CCCN2C(=O)CCn2nnnc2C)s1. The number of aromatic nitrogens is 4. The quantitative estimate of drug-likeness (QED) is 0.769. The topological polar surface area (TPSA) is 84.2 Å². The van der Waals surface area contributed by atoms with Gasteiger partial charge in [0.1, 0.15) is 5.82 Å². The molecule has 0 aliphatic carbocycles. The molecule has 1 saturated heterocycles. The van der Waals surface area contributed by atoms with E-state index in [4.69, 9.17) is 0 Å². The lowest BCUT2D eigenvalue weighted by atomic mass is 10.2. The van der Waals surface area contributed by atoms with Crippen molar-refractivity contribution in [1.82, 2.24) is 30.0 Å². The number of nitrogens with zero attached hydrogens (tertiary/aromatic N) is 6. The molecule has 1 atom stereocenters. The third-order valence-electron chi connectivity index (χ3n) is 4.81. The molecule has 2 amide bonds. The predicted molar refractivity (Wildman–Crippen MR) is 97.8 cm³/mol. The Bertz CT molecular complexity index is 786. The number of thiophene rings is 1. The van der Waals surface area contributed by atoms with Crippen molar-refractivity contribution < 1.29 is 9.59 Å². The Morgan fingerprint density at radius 3 is 2.88 bits per heavy atom. The maximum absolute atomic E-state index is 12.7. The highest BCUT2D eigenvalue weighted by Gasteiger charge is 2.31. The molecule has 2 aromatic heterocycles. The number of hydrogen-bond acceptors (Lipinski definition) is 6. The van der Waals surface area contributed by atoms with Crippen molar-refractivity contribution >= 4 is 23.2 Å². The summed E-state index contributed by atoms with van der Waals surface area (Å²) in [5, 5.41) is 11.3. The number of carbonyl (C=O) groups excluding carboxylic acids is 2. The maximum Gasteiger partial charge on any atom is 0.263 e. The predicted octanol–water partition coefficient (Wildman–Crippen LogP) is 1.89. The summed E-state index contributed by atoms with van der Waals surface area (Å²) in [6, 6.07) is 3.93. The van der Waals surface area contributed by atoms with Crippen LogP contribution in [-0.2, 0) is 11.3 Å². The Morgan fingerprint density at radius 2 is 2.19 bits per heavy atom. The summed E-state index contributed by atoms with van der Waals surface area (Å²) < 4.78 is 1.64. The highest BCUT2D eigenvalue weighted by atomic mass is 32.1. The van der Waals surface area contributed by atoms with E-state index in [0.29, 0.717) is 25.3 Å². The summed E-state index contributed by atoms with van der Waals surface area (Å²) in [6.45, 7) is 5.69. The van der Waals surface area contributed by atoms with E-state index in [-0.39, 0.29) is 17.9 Å². The number of tetrazole rings is 1. The van der Waals surface area contributed by atoms with Crippen LogP contribution in [-0.4, -0.2) is 62.0 Å². The van der Waals surface area contributed by atoms with Crippen molar-refractivity contribution in [1.29, 1.82) is 0 Å². The van der Waals surface area contributed by atoms with Crippen molar-refractivity contribution in [2.75, 3.05) is 20.1 Å². The van der Waals surface area contributed by atoms with Gasteiger partial charge in [-0.25, -0.2) is 4.68 Å². The number of aryl methyl sites for hydroxylation is 2. The second-order valence-electron chi connectivity index (χ2n) is 6.47. The van der Waals surface area contributed by atoms with E-state index in [9.17, 15) is 9.59 Å². The third-order valence-corrected chi connectivity index (χ3v) is 5.98. The van der Waals surface area contributed by atoms with Gasteiger partial charge in [-0.15, -0.1) is 16.4 Å². The van der Waals surface area contributed by atoms with Gasteiger partial charge in [0.25, 0.3) is 5.91 Å². The molecular formula is C17H24N6O2S. The van der Waals surface area contributed by atoms with Crippen LogP contribution in [0, 0.1) is 6.92 Å². The second-order valence-corrected chi connectivity index (χ2v) is 7.58. The first-order valence-electron chi connectivity index (χ1n) is 8.88. The zero-order valence-corrected chi connectivity index (χ0v) is 16.2. The van der Waals surface area contributed by atoms with Gasteiger partial charge in [-0.2, -0.15) is 0 Å². The summed E-state index contributed by atoms with van der Waals surface area (Å²) >= 11 is 1.50. The molecule has 0 N–H and O–H groups in total. The van der Waals surface area contributed by atoms with E-state index < -0.39 is 0 Å². The number of carbonyl (C=O) groups is 2. The fourth-order valence-electron chi connectivity index (χ4n) is 3.14. The van der Waals surface area contributed by atoms with Crippen molar-refractivity contribution in [3.63, 3.8) is 0 Å². The summed E-state index contributed by atoms with van der Waals surface area (Å²) in [5.74, 6) is 0.848. The van der Waals surface area contributed by atoms with E-state index in [1.165, 1.54) is 11.3 Å². The van der Waals surface area contributed by atoms with Crippen LogP contribution < -0.4 is 0 Å². The zero-order valence-electron chi connectivity index (χ0n) is 15.4. The van der Waals surface area contributed by atoms with Gasteiger partial charge in [0.05, 0.1) is 17.5 Å². The summed E-state index contributed by atoms with van der Waals surface area (Å²) in [7, 11) is 1.80. The third kappa shape index (κ3) is 3.77. The molecule has 140 valence electrons. The monoisotopic (exact) mass is 376 g/mol. The molecule has 0 unspecified atom stereocenters. The molecule has 1 fully saturated rings. The van der Waals surface area contributed by atoms with Crippen LogP contribution in [0.25, 0.3) is 0 Å². The van der Waals surface area contributed by atoms with Crippen molar-refractivity contribution in [2.24, 2.45) is 0 Å². The van der Waals surface area contributed by atoms with Crippen LogP contribution in [0.1, 0.15) is 52.6 Å². The molecule has 1 aliphatic heterocycles. The fourth-order valence-corrected chi connectivity index (χ4v) is 4.29. The largest absolute Gasteiger partial charge is 0.341 e. The molecule has 1 aliphatic rings. The molecule has 0 radical (unpaired) electrons. The molecule has 2 aromatic rings. The van der Waals surface area contributed by atoms with Crippen molar-refractivity contribution in [3.8, 4) is 0 Å². The van der Waals surface area contributed by atoms with Gasteiger partial charge in [0.2, 0.25) is 5.91 Å². The Labute approximate surface area is 156 Å². The van der Waals surface area contributed by atoms with Crippen LogP contribution in [0.3, 0.4) is 0 Å². The minimum atomic E-state index is 0.0359. The zero-order chi connectivity index (χ0) is 18.7. The molecule has 0 spiro atoms. The smallest absolute Gasteiger partial charge is 0.263 e. The second kappa shape index (κ2) is 7.94. The lowest BCUT2D eigenvalue weighted by Crippen LogP contribution is -2.31. The first-order chi connectivity index (χ1) is 12.5. The number of likely N-dealkylation sites (tertiary alicyclic amines) is 1. The molecule has 3 heterocycles. The lowest BCUT2D eigenvalue weighted by Gasteiger charge is -2.24. The molecular weight excluding hydrogens is 352 g/mol. The van der Waals surface area contributed by atoms with Gasteiger partial charge < -0.3 is 9.80 Å². The first-order valence-corrected chi connectivity index (χ1v) is 9.70. The number of amides is 2. The van der Waals surface area contributed by atoms with E-state index >= 15 is 0 Å². The Balaban J connectivity index is 1.66. The van der Waals surface area contributed by atoms with Gasteiger partial charge >= 0.3 is 0 Å². The molecule has 0 aromatic carbocycles. The van der Waals surface area contributed by atoms with Crippen LogP contribution in [0.2, 0.25) is 0 Å². The van der Waals surface area contributed by atoms with Crippen LogP contribution in [0.5, 0.6) is 0 Å². The number of hydrogen-bond donors (Lipinski definition) is 0. The van der Waals surface area contributed by atoms with Crippen LogP contribution in [0.15, 0.2) is 12.1 Å². The van der Waals surface area contributed by atoms with E-state index in [1.54, 1.807) is 16.6 Å². The highest BCUT2D eigenvalue weighted by Crippen LogP contribution is 2.36. The Morgan fingerprint density at radius 1 is 1.38 bits per heavy atom. The maximum atomic E-state index is 12.7. The average molecular weight is 376 g/mol. The molecule has 0 bridgehead atoms. The minimum Gasteiger partial charge on any atom is -0.341 e. The molecule has 9 heteroatoms. The molecule has 0 saturated carbocycles. The van der Waals surface area contributed by atoms with Gasteiger partial charge in [0, 0.05) is 31.4 Å². The van der Waals surface area contributed by atoms with Crippen molar-refractivity contribution in [3.05, 3.63) is 27.7 Å². The number of rotatable bonds is 6. The lowest BCUT2D eigenvalue weighted by molar-refractivity contribution is -0.132. The minimum absolute atomic E-state index is 0.0359. The summed E-state index contributed by atoms with van der Waals surface area (Å²) in [5.41, 5.74) is 0. The fraction of sp³-hybridized carbons (Fsp3) is 0.588. The normalized spacial score (nSPS) is 16.9. The Kier molecular flexibility index (Phi) is 5.65. The summed E-state index contributed by atoms with van der Waals surface area (Å²) in [4.78, 5) is 30.5. The van der Waals surface area contributed by atoms with Crippen molar-refractivity contribution in [2.45, 2.75) is 45.7 Å².